The van der Waals surface area contributed by atoms with E-state index < -0.39 is 18.0 Å². The summed E-state index contributed by atoms with van der Waals surface area (Å²) in [5.41, 5.74) is 4.22. The van der Waals surface area contributed by atoms with Crippen LogP contribution in [0.2, 0.25) is 0 Å². The monoisotopic (exact) mass is 534 g/mol. The summed E-state index contributed by atoms with van der Waals surface area (Å²) in [5, 5.41) is 6.34. The van der Waals surface area contributed by atoms with Crippen LogP contribution in [0.15, 0.2) is 54.7 Å². The minimum Gasteiger partial charge on any atom is -0.445 e. The molecule has 3 aliphatic rings. The maximum absolute atomic E-state index is 13.0. The Morgan fingerprint density at radius 2 is 1.92 bits per heavy atom. The fraction of sp³-hybridized carbons (Fsp3) is 0.321. The molecule has 2 aliphatic heterocycles. The highest BCUT2D eigenvalue weighted by atomic mass is 35.5. The van der Waals surface area contributed by atoms with Crippen LogP contribution in [0.1, 0.15) is 58.6 Å². The molecule has 38 heavy (non-hydrogen) atoms. The van der Waals surface area contributed by atoms with Crippen molar-refractivity contribution in [2.75, 3.05) is 0 Å². The largest absolute Gasteiger partial charge is 0.445 e. The third-order valence-electron chi connectivity index (χ3n) is 7.53. The summed E-state index contributed by atoms with van der Waals surface area (Å²) in [6.45, 7) is 0.353. The lowest BCUT2D eigenvalue weighted by Crippen LogP contribution is -2.52. The Morgan fingerprint density at radius 3 is 2.74 bits per heavy atom. The number of nitrogens with one attached hydrogen (secondary N) is 2. The molecule has 1 saturated carbocycles. The zero-order valence-corrected chi connectivity index (χ0v) is 21.3. The van der Waals surface area contributed by atoms with Crippen LogP contribution in [-0.4, -0.2) is 45.8 Å². The number of fused-ring (bicyclic) bond motifs is 2. The van der Waals surface area contributed by atoms with Crippen LogP contribution in [0.5, 0.6) is 0 Å². The van der Waals surface area contributed by atoms with Crippen molar-refractivity contribution in [3.8, 4) is 0 Å². The van der Waals surface area contributed by atoms with E-state index in [-0.39, 0.29) is 43.3 Å². The van der Waals surface area contributed by atoms with Gasteiger partial charge < -0.3 is 15.0 Å². The normalized spacial score (nSPS) is 22.3. The smallest absolute Gasteiger partial charge is 0.407 e. The zero-order valence-electron chi connectivity index (χ0n) is 20.5. The van der Waals surface area contributed by atoms with Gasteiger partial charge >= 0.3 is 6.09 Å². The number of imide groups is 1. The molecule has 1 unspecified atom stereocenters. The van der Waals surface area contributed by atoms with Crippen molar-refractivity contribution in [1.29, 1.82) is 0 Å². The van der Waals surface area contributed by atoms with Gasteiger partial charge in [-0.3, -0.25) is 24.7 Å². The van der Waals surface area contributed by atoms with E-state index in [9.17, 15) is 19.2 Å². The number of alkyl carbamates (subject to hydrolysis) is 1. The Bertz CT molecular complexity index is 1430. The Balaban J connectivity index is 0.00000294. The fourth-order valence-corrected chi connectivity index (χ4v) is 5.50. The second-order valence-corrected chi connectivity index (χ2v) is 9.90. The summed E-state index contributed by atoms with van der Waals surface area (Å²) in [4.78, 5) is 55.1. The molecule has 1 atom stereocenters. The number of nitrogens with zero attached hydrogens (tertiary/aromatic N) is 2. The van der Waals surface area contributed by atoms with Gasteiger partial charge in [-0.1, -0.05) is 36.4 Å². The predicted molar refractivity (Wildman–Crippen MR) is 141 cm³/mol. The van der Waals surface area contributed by atoms with Crippen molar-refractivity contribution in [3.63, 3.8) is 0 Å². The van der Waals surface area contributed by atoms with Gasteiger partial charge in [0.15, 0.2) is 0 Å². The summed E-state index contributed by atoms with van der Waals surface area (Å²) >= 11 is 0. The van der Waals surface area contributed by atoms with Crippen molar-refractivity contribution in [3.05, 3.63) is 77.0 Å². The summed E-state index contributed by atoms with van der Waals surface area (Å²) < 4.78 is 5.42. The quantitative estimate of drug-likeness (QED) is 0.483. The zero-order chi connectivity index (χ0) is 25.5. The van der Waals surface area contributed by atoms with E-state index in [2.05, 4.69) is 33.8 Å². The SMILES string of the molecule is Cl.O=C1CCC(N2Cc3ccc(COC(=O)NC4CC(c5cccc6cccnc56)C4)cc3C2=O)C(=O)N1. The standard InChI is InChI=1S/C28H26N4O5.ClH/c33-24-9-8-23(26(34)31-24)32-14-18-7-6-16(11-22(18)27(32)35)15-37-28(36)30-20-12-19(13-20)21-5-1-3-17-4-2-10-29-25(17)21;/h1-7,10-11,19-20,23H,8-9,12-15H2,(H,30,36)(H,31,33,34);1H. The average molecular weight is 535 g/mol. The highest BCUT2D eigenvalue weighted by Gasteiger charge is 2.39. The van der Waals surface area contributed by atoms with Crippen LogP contribution in [0, 0.1) is 0 Å². The number of pyridine rings is 1. The molecule has 4 amide bonds. The molecule has 196 valence electrons. The Hall–Kier alpha value is -3.98. The fourth-order valence-electron chi connectivity index (χ4n) is 5.50. The predicted octanol–water partition coefficient (Wildman–Crippen LogP) is 3.59. The van der Waals surface area contributed by atoms with E-state index in [1.54, 1.807) is 12.3 Å². The first kappa shape index (κ1) is 25.7. The molecule has 10 heteroatoms. The molecule has 2 fully saturated rings. The van der Waals surface area contributed by atoms with E-state index >= 15 is 0 Å². The van der Waals surface area contributed by atoms with Gasteiger partial charge in [0.05, 0.1) is 5.52 Å². The number of carbonyl (C=O) groups excluding carboxylic acids is 4. The lowest BCUT2D eigenvalue weighted by molar-refractivity contribution is -0.136. The topological polar surface area (TPSA) is 118 Å². The molecule has 2 aromatic carbocycles. The molecule has 1 aliphatic carbocycles. The van der Waals surface area contributed by atoms with Crippen molar-refractivity contribution >= 4 is 47.1 Å². The minimum atomic E-state index is -0.654. The van der Waals surface area contributed by atoms with Crippen molar-refractivity contribution in [2.45, 2.75) is 56.8 Å². The molecule has 0 radical (unpaired) electrons. The summed E-state index contributed by atoms with van der Waals surface area (Å²) in [7, 11) is 0. The van der Waals surface area contributed by atoms with Gasteiger partial charge in [-0.2, -0.15) is 0 Å². The second kappa shape index (κ2) is 10.4. The molecule has 1 saturated heterocycles. The summed E-state index contributed by atoms with van der Waals surface area (Å²) in [6.07, 6.45) is 3.50. The van der Waals surface area contributed by atoms with E-state index in [0.29, 0.717) is 30.0 Å². The van der Waals surface area contributed by atoms with E-state index in [0.717, 1.165) is 29.3 Å². The number of hydrogen-bond acceptors (Lipinski definition) is 6. The van der Waals surface area contributed by atoms with Crippen LogP contribution in [0.25, 0.3) is 10.9 Å². The summed E-state index contributed by atoms with van der Waals surface area (Å²) in [5.74, 6) is -0.656. The molecule has 1 aromatic heterocycles. The molecule has 9 nitrogen and oxygen atoms in total. The van der Waals surface area contributed by atoms with Gasteiger partial charge in [0, 0.05) is 36.2 Å². The number of amides is 4. The van der Waals surface area contributed by atoms with Gasteiger partial charge in [0.2, 0.25) is 11.8 Å². The minimum absolute atomic E-state index is 0. The van der Waals surface area contributed by atoms with Crippen LogP contribution >= 0.6 is 12.4 Å². The number of piperidine rings is 1. The number of hydrogen-bond donors (Lipinski definition) is 2. The van der Waals surface area contributed by atoms with E-state index in [1.165, 1.54) is 10.5 Å². The second-order valence-electron chi connectivity index (χ2n) is 9.90. The highest BCUT2D eigenvalue weighted by Crippen LogP contribution is 2.39. The van der Waals surface area contributed by atoms with Crippen molar-refractivity contribution < 1.29 is 23.9 Å². The lowest BCUT2D eigenvalue weighted by atomic mass is 9.75. The van der Waals surface area contributed by atoms with Gasteiger partial charge in [-0.15, -0.1) is 12.4 Å². The number of ether oxygens (including phenoxy) is 1. The first-order valence-electron chi connectivity index (χ1n) is 12.5. The summed E-state index contributed by atoms with van der Waals surface area (Å²) in [6, 6.07) is 14.9. The number of rotatable bonds is 5. The molecule has 6 rings (SSSR count). The maximum atomic E-state index is 13.0. The van der Waals surface area contributed by atoms with Gasteiger partial charge in [-0.05, 0) is 54.0 Å². The molecule has 3 aromatic rings. The molecular weight excluding hydrogens is 508 g/mol. The number of carbonyl (C=O) groups is 4. The maximum Gasteiger partial charge on any atom is 0.407 e. The molecule has 0 spiro atoms. The van der Waals surface area contributed by atoms with Crippen LogP contribution in [0.3, 0.4) is 0 Å². The molecular formula is C28H27ClN4O5. The number of para-hydroxylation sites is 1. The first-order valence-corrected chi connectivity index (χ1v) is 12.5. The average Bonchev–Trinajstić information content (AvgIpc) is 3.20. The Kier molecular flexibility index (Phi) is 7.03. The third kappa shape index (κ3) is 4.81. The van der Waals surface area contributed by atoms with E-state index in [1.807, 2.05) is 24.3 Å². The van der Waals surface area contributed by atoms with E-state index in [4.69, 9.17) is 4.74 Å². The number of halogens is 1. The van der Waals surface area contributed by atoms with Crippen LogP contribution in [-0.2, 0) is 27.5 Å². The third-order valence-corrected chi connectivity index (χ3v) is 7.53. The van der Waals surface area contributed by atoms with Gasteiger partial charge in [-0.25, -0.2) is 4.79 Å². The Labute approximate surface area is 225 Å². The highest BCUT2D eigenvalue weighted by molar-refractivity contribution is 6.05. The van der Waals surface area contributed by atoms with Gasteiger partial charge in [0.25, 0.3) is 5.91 Å². The van der Waals surface area contributed by atoms with Crippen molar-refractivity contribution in [1.82, 2.24) is 20.5 Å². The number of benzene rings is 2. The molecule has 2 N–H and O–H groups in total. The first-order chi connectivity index (χ1) is 18.0. The van der Waals surface area contributed by atoms with Crippen LogP contribution in [0.4, 0.5) is 4.79 Å². The number of aromatic nitrogens is 1. The lowest BCUT2D eigenvalue weighted by Gasteiger charge is -2.36. The van der Waals surface area contributed by atoms with Crippen molar-refractivity contribution in [2.24, 2.45) is 0 Å². The molecule has 0 bridgehead atoms. The van der Waals surface area contributed by atoms with Crippen LogP contribution < -0.4 is 10.6 Å². The molecule has 3 heterocycles. The Morgan fingerprint density at radius 1 is 1.11 bits per heavy atom. The van der Waals surface area contributed by atoms with Gasteiger partial charge in [0.1, 0.15) is 12.6 Å².